The van der Waals surface area contributed by atoms with Crippen molar-refractivity contribution in [3.05, 3.63) is 70.9 Å². The van der Waals surface area contributed by atoms with Crippen molar-refractivity contribution in [2.75, 3.05) is 0 Å². The Morgan fingerprint density at radius 3 is 2.51 bits per heavy atom. The number of para-hydroxylation sites is 1. The molecular formula is C28H32N4O3. The van der Waals surface area contributed by atoms with Gasteiger partial charge in [0, 0.05) is 34.6 Å². The van der Waals surface area contributed by atoms with Gasteiger partial charge in [0.2, 0.25) is 11.8 Å². The molecule has 182 valence electrons. The maximum Gasteiger partial charge on any atom is 0.255 e. The first-order valence-corrected chi connectivity index (χ1v) is 12.4. The monoisotopic (exact) mass is 472 g/mol. The molecule has 3 aromatic rings. The van der Waals surface area contributed by atoms with Gasteiger partial charge in [-0.25, -0.2) is 0 Å². The lowest BCUT2D eigenvalue weighted by Crippen LogP contribution is -2.58. The third-order valence-corrected chi connectivity index (χ3v) is 7.38. The number of hydrogen-bond acceptors (Lipinski definition) is 3. The fraction of sp³-hybridized carbons (Fsp3) is 0.393. The fourth-order valence-corrected chi connectivity index (χ4v) is 5.46. The van der Waals surface area contributed by atoms with Gasteiger partial charge < -0.3 is 20.5 Å². The van der Waals surface area contributed by atoms with E-state index in [-0.39, 0.29) is 35.7 Å². The molecule has 2 aromatic carbocycles. The maximum atomic E-state index is 13.8. The van der Waals surface area contributed by atoms with Crippen LogP contribution in [0, 0.1) is 5.92 Å². The summed E-state index contributed by atoms with van der Waals surface area (Å²) in [7, 11) is 0. The first-order valence-electron chi connectivity index (χ1n) is 12.4. The Kier molecular flexibility index (Phi) is 5.87. The topological polar surface area (TPSA) is 94.3 Å². The molecule has 0 radical (unpaired) electrons. The first-order chi connectivity index (χ1) is 16.8. The second-order valence-electron chi connectivity index (χ2n) is 10.0. The molecule has 0 unspecified atom stereocenters. The molecule has 2 aliphatic rings. The molecule has 7 nitrogen and oxygen atoms in total. The number of benzene rings is 2. The normalized spacial score (nSPS) is 20.3. The molecule has 2 aliphatic heterocycles. The number of amides is 3. The van der Waals surface area contributed by atoms with E-state index in [1.54, 1.807) is 4.90 Å². The lowest BCUT2D eigenvalue weighted by Gasteiger charge is -2.38. The van der Waals surface area contributed by atoms with Crippen LogP contribution in [-0.2, 0) is 16.0 Å². The summed E-state index contributed by atoms with van der Waals surface area (Å²) in [6.45, 7) is 7.76. The highest BCUT2D eigenvalue weighted by Crippen LogP contribution is 2.46. The lowest BCUT2D eigenvalue weighted by atomic mass is 9.89. The zero-order valence-electron chi connectivity index (χ0n) is 20.6. The summed E-state index contributed by atoms with van der Waals surface area (Å²) in [6, 6.07) is 13.8. The molecule has 7 heteroatoms. The molecule has 4 atom stereocenters. The summed E-state index contributed by atoms with van der Waals surface area (Å²) in [5.74, 6) is -0.691. The fourth-order valence-electron chi connectivity index (χ4n) is 5.46. The van der Waals surface area contributed by atoms with E-state index in [9.17, 15) is 14.4 Å². The predicted molar refractivity (Wildman–Crippen MR) is 135 cm³/mol. The number of rotatable bonds is 6. The van der Waals surface area contributed by atoms with Gasteiger partial charge in [-0.05, 0) is 43.0 Å². The Balaban J connectivity index is 1.56. The highest BCUT2D eigenvalue weighted by molar-refractivity contribution is 6.04. The van der Waals surface area contributed by atoms with Gasteiger partial charge in [-0.2, -0.15) is 0 Å². The molecule has 0 fully saturated rings. The van der Waals surface area contributed by atoms with Crippen molar-refractivity contribution < 1.29 is 14.4 Å². The van der Waals surface area contributed by atoms with Gasteiger partial charge in [-0.1, -0.05) is 56.7 Å². The molecule has 0 bridgehead atoms. The van der Waals surface area contributed by atoms with Gasteiger partial charge in [0.1, 0.15) is 12.1 Å². The van der Waals surface area contributed by atoms with Crippen molar-refractivity contribution >= 4 is 28.6 Å². The second kappa shape index (κ2) is 8.87. The van der Waals surface area contributed by atoms with Crippen LogP contribution < -0.4 is 10.6 Å². The van der Waals surface area contributed by atoms with Crippen molar-refractivity contribution in [2.45, 2.75) is 64.7 Å². The summed E-state index contributed by atoms with van der Waals surface area (Å²) < 4.78 is 0. The number of carbonyl (C=O) groups excluding carboxylic acids is 3. The molecular weight excluding hydrogens is 440 g/mol. The summed E-state index contributed by atoms with van der Waals surface area (Å²) in [4.78, 5) is 45.6. The number of nitrogens with zero attached hydrogens (tertiary/aromatic N) is 1. The van der Waals surface area contributed by atoms with Crippen molar-refractivity contribution in [1.29, 1.82) is 0 Å². The minimum Gasteiger partial charge on any atom is -0.356 e. The van der Waals surface area contributed by atoms with E-state index >= 15 is 0 Å². The molecule has 0 saturated carbocycles. The molecule has 3 N–H and O–H groups in total. The Bertz CT molecular complexity index is 1310. The van der Waals surface area contributed by atoms with Gasteiger partial charge in [0.15, 0.2) is 0 Å². The van der Waals surface area contributed by atoms with Gasteiger partial charge in [-0.3, -0.25) is 14.4 Å². The number of hydrogen-bond donors (Lipinski definition) is 3. The van der Waals surface area contributed by atoms with E-state index in [4.69, 9.17) is 0 Å². The summed E-state index contributed by atoms with van der Waals surface area (Å²) >= 11 is 0. The molecule has 1 aromatic heterocycles. The Labute approximate surface area is 205 Å². The first kappa shape index (κ1) is 23.1. The molecule has 3 heterocycles. The van der Waals surface area contributed by atoms with Gasteiger partial charge in [0.05, 0.1) is 6.04 Å². The molecule has 0 aliphatic carbocycles. The van der Waals surface area contributed by atoms with Gasteiger partial charge >= 0.3 is 0 Å². The standard InChI is InChI=1S/C28H32N4O3/c1-5-16(4)23(27(34)29-15(2)3)31-26(33)22-14-20-17-10-8-9-13-21(17)30-24(20)25-18-11-6-7-12-19(18)28(35)32(22)25/h6-13,15-16,22-23,25,30H,5,14H2,1-4H3,(H,29,34)(H,31,33)/t16-,22+,23+,25-/m1/s1. The summed E-state index contributed by atoms with van der Waals surface area (Å²) in [5, 5.41) is 7.01. The number of nitrogens with one attached hydrogen (secondary N) is 3. The number of fused-ring (bicyclic) bond motifs is 7. The van der Waals surface area contributed by atoms with Crippen LogP contribution in [0.5, 0.6) is 0 Å². The van der Waals surface area contributed by atoms with E-state index in [1.807, 2.05) is 70.2 Å². The lowest BCUT2D eigenvalue weighted by molar-refractivity contribution is -0.133. The van der Waals surface area contributed by atoms with Crippen LogP contribution in [0.1, 0.15) is 67.3 Å². The summed E-state index contributed by atoms with van der Waals surface area (Å²) in [5.41, 5.74) is 4.53. The zero-order chi connectivity index (χ0) is 24.9. The Hall–Kier alpha value is -3.61. The minimum atomic E-state index is -0.718. The third kappa shape index (κ3) is 3.79. The number of carbonyl (C=O) groups is 3. The SMILES string of the molecule is CC[C@@H](C)[C@H](NC(=O)[C@@H]1Cc2c([nH]c3ccccc23)[C@H]2c3ccccc3C(=O)N21)C(=O)NC(C)C. The molecule has 5 rings (SSSR count). The average molecular weight is 473 g/mol. The average Bonchev–Trinajstić information content (AvgIpc) is 3.36. The van der Waals surface area contributed by atoms with E-state index in [2.05, 4.69) is 21.7 Å². The largest absolute Gasteiger partial charge is 0.356 e. The van der Waals surface area contributed by atoms with Crippen LogP contribution in [0.3, 0.4) is 0 Å². The van der Waals surface area contributed by atoms with E-state index in [1.165, 1.54) is 0 Å². The maximum absolute atomic E-state index is 13.8. The second-order valence-corrected chi connectivity index (χ2v) is 10.0. The van der Waals surface area contributed by atoms with Crippen molar-refractivity contribution in [2.24, 2.45) is 5.92 Å². The van der Waals surface area contributed by atoms with Crippen LogP contribution in [0.25, 0.3) is 10.9 Å². The number of aromatic nitrogens is 1. The molecule has 0 saturated heterocycles. The number of aromatic amines is 1. The van der Waals surface area contributed by atoms with Crippen molar-refractivity contribution in [1.82, 2.24) is 20.5 Å². The highest BCUT2D eigenvalue weighted by Gasteiger charge is 2.49. The third-order valence-electron chi connectivity index (χ3n) is 7.38. The van der Waals surface area contributed by atoms with Crippen molar-refractivity contribution in [3.63, 3.8) is 0 Å². The van der Waals surface area contributed by atoms with Crippen LogP contribution in [0.15, 0.2) is 48.5 Å². The quantitative estimate of drug-likeness (QED) is 0.511. The zero-order valence-corrected chi connectivity index (χ0v) is 20.6. The molecule has 35 heavy (non-hydrogen) atoms. The molecule has 0 spiro atoms. The predicted octanol–water partition coefficient (Wildman–Crippen LogP) is 3.69. The van der Waals surface area contributed by atoms with E-state index in [0.29, 0.717) is 12.0 Å². The molecule has 3 amide bonds. The van der Waals surface area contributed by atoms with E-state index < -0.39 is 12.1 Å². The van der Waals surface area contributed by atoms with Gasteiger partial charge in [-0.15, -0.1) is 0 Å². The highest BCUT2D eigenvalue weighted by atomic mass is 16.2. The smallest absolute Gasteiger partial charge is 0.255 e. The van der Waals surface area contributed by atoms with Crippen molar-refractivity contribution in [3.8, 4) is 0 Å². The summed E-state index contributed by atoms with van der Waals surface area (Å²) in [6.07, 6.45) is 1.13. The van der Waals surface area contributed by atoms with Crippen LogP contribution in [0.2, 0.25) is 0 Å². The van der Waals surface area contributed by atoms with Crippen LogP contribution >= 0.6 is 0 Å². The Morgan fingerprint density at radius 2 is 1.77 bits per heavy atom. The van der Waals surface area contributed by atoms with Gasteiger partial charge in [0.25, 0.3) is 5.91 Å². The van der Waals surface area contributed by atoms with E-state index in [0.717, 1.165) is 34.1 Å². The van der Waals surface area contributed by atoms with Crippen LogP contribution in [0.4, 0.5) is 0 Å². The minimum absolute atomic E-state index is 0.0338. The van der Waals surface area contributed by atoms with Crippen LogP contribution in [-0.4, -0.2) is 45.7 Å². The number of H-pyrrole nitrogens is 1. The Morgan fingerprint density at radius 1 is 1.06 bits per heavy atom.